The highest BCUT2D eigenvalue weighted by molar-refractivity contribution is 5.96. The molecule has 1 aliphatic heterocycles. The van der Waals surface area contributed by atoms with E-state index in [1.54, 1.807) is 62.1 Å². The van der Waals surface area contributed by atoms with Gasteiger partial charge < -0.3 is 20.1 Å². The Labute approximate surface area is 242 Å². The minimum Gasteiger partial charge on any atom is -0.480 e. The molecular formula is C31H35FN4O6. The molecule has 2 atom stereocenters. The molecule has 0 unspecified atom stereocenters. The van der Waals surface area contributed by atoms with Crippen molar-refractivity contribution in [2.45, 2.75) is 64.6 Å². The zero-order valence-corrected chi connectivity index (χ0v) is 24.1. The number of amides is 2. The van der Waals surface area contributed by atoms with Gasteiger partial charge in [0.1, 0.15) is 12.4 Å². The van der Waals surface area contributed by atoms with Crippen LogP contribution in [-0.2, 0) is 20.7 Å². The van der Waals surface area contributed by atoms with E-state index < -0.39 is 47.9 Å². The minimum atomic E-state index is -1.13. The molecule has 0 spiro atoms. The Bertz CT molecular complexity index is 1550. The van der Waals surface area contributed by atoms with Crippen molar-refractivity contribution in [1.82, 2.24) is 20.4 Å². The third-order valence-corrected chi connectivity index (χ3v) is 7.67. The van der Waals surface area contributed by atoms with Gasteiger partial charge in [0.05, 0.1) is 29.9 Å². The van der Waals surface area contributed by atoms with E-state index in [1.165, 1.54) is 12.1 Å². The van der Waals surface area contributed by atoms with Gasteiger partial charge in [-0.25, -0.2) is 14.3 Å². The van der Waals surface area contributed by atoms with Crippen molar-refractivity contribution in [3.8, 4) is 0 Å². The average Bonchev–Trinajstić information content (AvgIpc) is 3.40. The molecular weight excluding hydrogens is 543 g/mol. The predicted octanol–water partition coefficient (Wildman–Crippen LogP) is 3.46. The van der Waals surface area contributed by atoms with Crippen LogP contribution in [-0.4, -0.2) is 62.8 Å². The molecule has 0 saturated carbocycles. The molecule has 2 amide bonds. The highest BCUT2D eigenvalue weighted by atomic mass is 19.1. The van der Waals surface area contributed by atoms with Crippen LogP contribution in [0.4, 0.5) is 4.39 Å². The van der Waals surface area contributed by atoms with E-state index >= 15 is 0 Å². The molecule has 222 valence electrons. The SMILES string of the molecule is Cc1cc(Cc2ccc(C(=O)NCC(=O)N3[C@H](c4cccc(F)c4)CC[C@@H]3C(C)(C)OCC(=O)O)cc2C)c(=O)[nH]n1. The van der Waals surface area contributed by atoms with Crippen molar-refractivity contribution < 1.29 is 28.6 Å². The maximum Gasteiger partial charge on any atom is 0.329 e. The number of aryl methyl sites for hydroxylation is 2. The Morgan fingerprint density at radius 2 is 1.88 bits per heavy atom. The van der Waals surface area contributed by atoms with Crippen LogP contribution in [0, 0.1) is 19.7 Å². The molecule has 0 bridgehead atoms. The van der Waals surface area contributed by atoms with Gasteiger partial charge in [-0.05, 0) is 87.6 Å². The van der Waals surface area contributed by atoms with E-state index in [0.29, 0.717) is 41.6 Å². The van der Waals surface area contributed by atoms with Gasteiger partial charge in [0.15, 0.2) is 0 Å². The molecule has 2 aromatic carbocycles. The first-order valence-electron chi connectivity index (χ1n) is 13.7. The number of aromatic nitrogens is 2. The zero-order chi connectivity index (χ0) is 30.6. The Hall–Kier alpha value is -4.38. The fourth-order valence-corrected chi connectivity index (χ4v) is 5.51. The van der Waals surface area contributed by atoms with Crippen LogP contribution in [0.15, 0.2) is 53.3 Å². The molecule has 3 aromatic rings. The molecule has 42 heavy (non-hydrogen) atoms. The van der Waals surface area contributed by atoms with Crippen LogP contribution in [0.25, 0.3) is 0 Å². The van der Waals surface area contributed by atoms with Crippen LogP contribution in [0.1, 0.15) is 71.0 Å². The molecule has 3 N–H and O–H groups in total. The number of halogens is 1. The van der Waals surface area contributed by atoms with E-state index in [9.17, 15) is 23.6 Å². The number of nitrogens with zero attached hydrogens (tertiary/aromatic N) is 2. The summed E-state index contributed by atoms with van der Waals surface area (Å²) in [7, 11) is 0. The number of aromatic amines is 1. The van der Waals surface area contributed by atoms with Gasteiger partial charge in [0.2, 0.25) is 5.91 Å². The summed E-state index contributed by atoms with van der Waals surface area (Å²) in [4.78, 5) is 51.6. The fourth-order valence-electron chi connectivity index (χ4n) is 5.51. The summed E-state index contributed by atoms with van der Waals surface area (Å²) in [5.41, 5.74) is 2.63. The number of ether oxygens (including phenoxy) is 1. The molecule has 4 rings (SSSR count). The number of benzene rings is 2. The van der Waals surface area contributed by atoms with Gasteiger partial charge in [-0.15, -0.1) is 0 Å². The number of H-pyrrole nitrogens is 1. The number of carbonyl (C=O) groups excluding carboxylic acids is 2. The molecule has 1 saturated heterocycles. The van der Waals surface area contributed by atoms with Crippen molar-refractivity contribution in [3.05, 3.63) is 98.2 Å². The number of carboxylic acids is 1. The smallest absolute Gasteiger partial charge is 0.329 e. The third kappa shape index (κ3) is 7.09. The number of carbonyl (C=O) groups is 3. The number of aliphatic carboxylic acids is 1. The summed E-state index contributed by atoms with van der Waals surface area (Å²) in [6, 6.07) is 11.9. The van der Waals surface area contributed by atoms with Crippen LogP contribution < -0.4 is 10.9 Å². The lowest BCUT2D eigenvalue weighted by Crippen LogP contribution is -2.53. The Morgan fingerprint density at radius 3 is 2.57 bits per heavy atom. The number of hydrogen-bond acceptors (Lipinski definition) is 6. The Balaban J connectivity index is 1.50. The summed E-state index contributed by atoms with van der Waals surface area (Å²) in [5.74, 6) is -2.40. The second-order valence-electron chi connectivity index (χ2n) is 11.1. The van der Waals surface area contributed by atoms with E-state index in [4.69, 9.17) is 9.84 Å². The second-order valence-corrected chi connectivity index (χ2v) is 11.1. The lowest BCUT2D eigenvalue weighted by atomic mass is 9.96. The summed E-state index contributed by atoms with van der Waals surface area (Å²) >= 11 is 0. The van der Waals surface area contributed by atoms with Crippen molar-refractivity contribution in [2.24, 2.45) is 0 Å². The second kappa shape index (κ2) is 12.6. The maximum atomic E-state index is 14.1. The van der Waals surface area contributed by atoms with E-state index in [2.05, 4.69) is 15.5 Å². The molecule has 0 radical (unpaired) electrons. The monoisotopic (exact) mass is 578 g/mol. The van der Waals surface area contributed by atoms with Gasteiger partial charge in [0, 0.05) is 17.5 Å². The molecule has 1 aliphatic rings. The first kappa shape index (κ1) is 30.6. The van der Waals surface area contributed by atoms with Crippen molar-refractivity contribution in [1.29, 1.82) is 0 Å². The number of carboxylic acid groups (broad SMARTS) is 1. The standard InChI is InChI=1S/C31H35FN4O6/c1-18-12-22(9-8-20(18)14-23-13-19(2)34-35-30(23)41)29(40)33-16-27(37)36-25(21-6-5-7-24(32)15-21)10-11-26(36)31(3,4)42-17-28(38)39/h5-9,12-13,15,25-26H,10-11,14,16-17H2,1-4H3,(H,33,40)(H,35,41)(H,38,39)/t25-,26+/m0/s1. The summed E-state index contributed by atoms with van der Waals surface area (Å²) in [6.07, 6.45) is 1.41. The molecule has 1 fully saturated rings. The first-order valence-corrected chi connectivity index (χ1v) is 13.7. The van der Waals surface area contributed by atoms with E-state index in [-0.39, 0.29) is 12.1 Å². The quantitative estimate of drug-likeness (QED) is 0.335. The molecule has 11 heteroatoms. The normalized spacial score (nSPS) is 16.8. The summed E-state index contributed by atoms with van der Waals surface area (Å²) < 4.78 is 19.7. The van der Waals surface area contributed by atoms with E-state index in [0.717, 1.165) is 11.1 Å². The highest BCUT2D eigenvalue weighted by Crippen LogP contribution is 2.41. The number of likely N-dealkylation sites (tertiary alicyclic amines) is 1. The number of rotatable bonds is 10. The average molecular weight is 579 g/mol. The van der Waals surface area contributed by atoms with Crippen LogP contribution in [0.5, 0.6) is 0 Å². The van der Waals surface area contributed by atoms with Crippen molar-refractivity contribution in [3.63, 3.8) is 0 Å². The first-order chi connectivity index (χ1) is 19.9. The highest BCUT2D eigenvalue weighted by Gasteiger charge is 2.46. The molecule has 1 aromatic heterocycles. The zero-order valence-electron chi connectivity index (χ0n) is 24.1. The molecule has 0 aliphatic carbocycles. The van der Waals surface area contributed by atoms with Crippen LogP contribution in [0.2, 0.25) is 0 Å². The third-order valence-electron chi connectivity index (χ3n) is 7.67. The topological polar surface area (TPSA) is 142 Å². The van der Waals surface area contributed by atoms with Gasteiger partial charge in [-0.2, -0.15) is 5.10 Å². The van der Waals surface area contributed by atoms with Gasteiger partial charge >= 0.3 is 5.97 Å². The van der Waals surface area contributed by atoms with Crippen LogP contribution >= 0.6 is 0 Å². The van der Waals surface area contributed by atoms with E-state index in [1.807, 2.05) is 6.92 Å². The molecule has 2 heterocycles. The van der Waals surface area contributed by atoms with Gasteiger partial charge in [0.25, 0.3) is 11.5 Å². The predicted molar refractivity (Wildman–Crippen MR) is 153 cm³/mol. The fraction of sp³-hybridized carbons (Fsp3) is 0.387. The van der Waals surface area contributed by atoms with Crippen molar-refractivity contribution >= 4 is 17.8 Å². The summed E-state index contributed by atoms with van der Waals surface area (Å²) in [5, 5.41) is 18.2. The molecule has 10 nitrogen and oxygen atoms in total. The van der Waals surface area contributed by atoms with Gasteiger partial charge in [-0.3, -0.25) is 14.4 Å². The lowest BCUT2D eigenvalue weighted by Gasteiger charge is -2.39. The maximum absolute atomic E-state index is 14.1. The van der Waals surface area contributed by atoms with Crippen LogP contribution in [0.3, 0.4) is 0 Å². The van der Waals surface area contributed by atoms with Crippen molar-refractivity contribution in [2.75, 3.05) is 13.2 Å². The van der Waals surface area contributed by atoms with Gasteiger partial charge in [-0.1, -0.05) is 18.2 Å². The minimum absolute atomic E-state index is 0.270. The number of nitrogens with one attached hydrogen (secondary N) is 2. The largest absolute Gasteiger partial charge is 0.480 e. The summed E-state index contributed by atoms with van der Waals surface area (Å²) in [6.45, 7) is 6.23. The lowest BCUT2D eigenvalue weighted by molar-refractivity contribution is -0.155. The Morgan fingerprint density at radius 1 is 1.12 bits per heavy atom. The Kier molecular flexibility index (Phi) is 9.20. The number of hydrogen-bond donors (Lipinski definition) is 3.